The predicted octanol–water partition coefficient (Wildman–Crippen LogP) is 2.32. The van der Waals surface area contributed by atoms with Gasteiger partial charge in [-0.3, -0.25) is 9.59 Å². The van der Waals surface area contributed by atoms with Crippen LogP contribution in [0.4, 0.5) is 10.5 Å². The summed E-state index contributed by atoms with van der Waals surface area (Å²) in [5.74, 6) is -1.78. The Morgan fingerprint density at radius 3 is 2.18 bits per heavy atom. The number of benzene rings is 2. The maximum absolute atomic E-state index is 13.1. The smallest absolute Gasteiger partial charge is 0.409 e. The maximum Gasteiger partial charge on any atom is 0.409 e. The summed E-state index contributed by atoms with van der Waals surface area (Å²) in [4.78, 5) is 40.6. The first-order valence-electron chi connectivity index (χ1n) is 10.6. The Morgan fingerprint density at radius 2 is 1.55 bits per heavy atom. The van der Waals surface area contributed by atoms with Crippen molar-refractivity contribution in [1.82, 2.24) is 9.80 Å². The van der Waals surface area contributed by atoms with Crippen molar-refractivity contribution in [1.29, 1.82) is 0 Å². The number of anilines is 1. The van der Waals surface area contributed by atoms with Gasteiger partial charge in [0.2, 0.25) is 5.91 Å². The molecule has 3 rings (SSSR count). The first-order valence-corrected chi connectivity index (χ1v) is 12.3. The molecule has 176 valence electrons. The third-order valence-electron chi connectivity index (χ3n) is 5.23. The van der Waals surface area contributed by atoms with Crippen LogP contribution in [-0.4, -0.2) is 74.7 Å². The number of nitrogens with zero attached hydrogens (tertiary/aromatic N) is 2. The average molecular weight is 474 g/mol. The van der Waals surface area contributed by atoms with Crippen LogP contribution >= 0.6 is 0 Å². The number of para-hydroxylation sites is 1. The number of sulfone groups is 1. The second-order valence-corrected chi connectivity index (χ2v) is 9.63. The van der Waals surface area contributed by atoms with Crippen LogP contribution in [0.3, 0.4) is 0 Å². The van der Waals surface area contributed by atoms with E-state index in [2.05, 4.69) is 5.32 Å². The van der Waals surface area contributed by atoms with E-state index < -0.39 is 27.6 Å². The molecule has 0 atom stereocenters. The predicted molar refractivity (Wildman–Crippen MR) is 123 cm³/mol. The van der Waals surface area contributed by atoms with Crippen LogP contribution in [0.5, 0.6) is 0 Å². The molecule has 2 aromatic rings. The van der Waals surface area contributed by atoms with Crippen molar-refractivity contribution < 1.29 is 27.5 Å². The molecular weight excluding hydrogens is 446 g/mol. The number of piperazine rings is 1. The molecule has 0 spiro atoms. The molecule has 0 radical (unpaired) electrons. The lowest BCUT2D eigenvalue weighted by atomic mass is 10.1. The monoisotopic (exact) mass is 473 g/mol. The number of hydrogen-bond acceptors (Lipinski definition) is 6. The minimum atomic E-state index is -3.83. The van der Waals surface area contributed by atoms with Crippen molar-refractivity contribution in [3.63, 3.8) is 0 Å². The zero-order valence-electron chi connectivity index (χ0n) is 18.6. The van der Waals surface area contributed by atoms with Crippen molar-refractivity contribution in [2.45, 2.75) is 18.7 Å². The van der Waals surface area contributed by atoms with E-state index in [9.17, 15) is 22.8 Å². The van der Waals surface area contributed by atoms with Gasteiger partial charge < -0.3 is 19.9 Å². The van der Waals surface area contributed by atoms with Crippen molar-refractivity contribution in [3.05, 3.63) is 59.7 Å². The van der Waals surface area contributed by atoms with E-state index in [4.69, 9.17) is 4.74 Å². The van der Waals surface area contributed by atoms with E-state index >= 15 is 0 Å². The molecule has 0 unspecified atom stereocenters. The quantitative estimate of drug-likeness (QED) is 0.689. The molecule has 0 saturated carbocycles. The molecule has 0 aromatic heterocycles. The number of carbonyl (C=O) groups is 3. The van der Waals surface area contributed by atoms with Crippen LogP contribution in [0.2, 0.25) is 0 Å². The van der Waals surface area contributed by atoms with Gasteiger partial charge in [0, 0.05) is 26.2 Å². The Bertz CT molecular complexity index is 1120. The molecule has 1 aliphatic heterocycles. The number of hydrogen-bond donors (Lipinski definition) is 1. The largest absolute Gasteiger partial charge is 0.450 e. The second kappa shape index (κ2) is 10.5. The van der Waals surface area contributed by atoms with Gasteiger partial charge in [-0.1, -0.05) is 29.8 Å². The third kappa shape index (κ3) is 6.10. The van der Waals surface area contributed by atoms with Gasteiger partial charge in [0.1, 0.15) is 5.75 Å². The molecule has 0 bridgehead atoms. The fourth-order valence-corrected chi connectivity index (χ4v) is 4.58. The van der Waals surface area contributed by atoms with Crippen LogP contribution in [0.1, 0.15) is 22.8 Å². The molecule has 0 aliphatic carbocycles. The lowest BCUT2D eigenvalue weighted by Gasteiger charge is -2.34. The second-order valence-electron chi connectivity index (χ2n) is 7.64. The minimum Gasteiger partial charge on any atom is -0.450 e. The van der Waals surface area contributed by atoms with Crippen molar-refractivity contribution in [2.75, 3.05) is 43.9 Å². The fraction of sp³-hybridized carbons (Fsp3) is 0.348. The van der Waals surface area contributed by atoms with E-state index in [-0.39, 0.29) is 28.7 Å². The summed E-state index contributed by atoms with van der Waals surface area (Å²) < 4.78 is 30.1. The summed E-state index contributed by atoms with van der Waals surface area (Å²) in [6.45, 7) is 5.18. The molecular formula is C23H27N3O6S. The van der Waals surface area contributed by atoms with Crippen LogP contribution in [0.15, 0.2) is 53.4 Å². The fourth-order valence-electron chi connectivity index (χ4n) is 3.44. The highest BCUT2D eigenvalue weighted by atomic mass is 32.2. The number of amides is 3. The molecule has 33 heavy (non-hydrogen) atoms. The third-order valence-corrected chi connectivity index (χ3v) is 6.86. The van der Waals surface area contributed by atoms with Gasteiger partial charge >= 0.3 is 6.09 Å². The van der Waals surface area contributed by atoms with E-state index in [1.165, 1.54) is 17.0 Å². The van der Waals surface area contributed by atoms with Gasteiger partial charge in [0.15, 0.2) is 9.84 Å². The normalized spacial score (nSPS) is 14.0. The van der Waals surface area contributed by atoms with Gasteiger partial charge in [0.25, 0.3) is 5.91 Å². The molecule has 1 heterocycles. The molecule has 10 heteroatoms. The van der Waals surface area contributed by atoms with Crippen LogP contribution in [0.25, 0.3) is 0 Å². The van der Waals surface area contributed by atoms with Gasteiger partial charge in [-0.25, -0.2) is 13.2 Å². The Balaban J connectivity index is 1.66. The first-order chi connectivity index (χ1) is 15.7. The number of rotatable bonds is 6. The Kier molecular flexibility index (Phi) is 7.70. The Morgan fingerprint density at radius 1 is 0.939 bits per heavy atom. The summed E-state index contributed by atoms with van der Waals surface area (Å²) in [6, 6.07) is 12.7. The minimum absolute atomic E-state index is 0.0621. The van der Waals surface area contributed by atoms with E-state index in [0.29, 0.717) is 26.2 Å². The average Bonchev–Trinajstić information content (AvgIpc) is 2.79. The number of nitrogens with one attached hydrogen (secondary N) is 1. The molecule has 9 nitrogen and oxygen atoms in total. The number of carbonyl (C=O) groups excluding carboxylic acids is 3. The molecule has 1 fully saturated rings. The molecule has 1 saturated heterocycles. The SMILES string of the molecule is CCOC(=O)N1CCN(C(=O)c2ccccc2NC(=O)CS(=O)(=O)c2ccc(C)cc2)CC1. The van der Waals surface area contributed by atoms with E-state index in [0.717, 1.165) is 5.56 Å². The van der Waals surface area contributed by atoms with Gasteiger partial charge in [-0.05, 0) is 38.1 Å². The van der Waals surface area contributed by atoms with Crippen molar-refractivity contribution in [3.8, 4) is 0 Å². The maximum atomic E-state index is 13.1. The summed E-state index contributed by atoms with van der Waals surface area (Å²) in [6.07, 6.45) is -0.410. The summed E-state index contributed by atoms with van der Waals surface area (Å²) in [5.41, 5.74) is 1.40. The highest BCUT2D eigenvalue weighted by Crippen LogP contribution is 2.20. The van der Waals surface area contributed by atoms with Crippen LogP contribution in [0, 0.1) is 6.92 Å². The Labute approximate surface area is 193 Å². The highest BCUT2D eigenvalue weighted by molar-refractivity contribution is 7.92. The van der Waals surface area contributed by atoms with Crippen molar-refractivity contribution in [2.24, 2.45) is 0 Å². The first kappa shape index (κ1) is 24.2. The van der Waals surface area contributed by atoms with Crippen molar-refractivity contribution >= 4 is 33.4 Å². The molecule has 1 aliphatic rings. The molecule has 1 N–H and O–H groups in total. The highest BCUT2D eigenvalue weighted by Gasteiger charge is 2.27. The summed E-state index contributed by atoms with van der Waals surface area (Å²) >= 11 is 0. The molecule has 3 amide bonds. The topological polar surface area (TPSA) is 113 Å². The zero-order chi connectivity index (χ0) is 24.0. The summed E-state index contributed by atoms with van der Waals surface area (Å²) in [7, 11) is -3.83. The van der Waals surface area contributed by atoms with E-state index in [1.807, 2.05) is 6.92 Å². The lowest BCUT2D eigenvalue weighted by Crippen LogP contribution is -2.50. The van der Waals surface area contributed by atoms with Gasteiger partial charge in [0.05, 0.1) is 22.8 Å². The number of aryl methyl sites for hydroxylation is 1. The lowest BCUT2D eigenvalue weighted by molar-refractivity contribution is -0.113. The number of ether oxygens (including phenoxy) is 1. The standard InChI is InChI=1S/C23H27N3O6S/c1-3-32-23(29)26-14-12-25(13-15-26)22(28)19-6-4-5-7-20(19)24-21(27)16-33(30,31)18-10-8-17(2)9-11-18/h4-11H,3,12-16H2,1-2H3,(H,24,27). The van der Waals surface area contributed by atoms with Crippen LogP contribution < -0.4 is 5.32 Å². The van der Waals surface area contributed by atoms with E-state index in [1.54, 1.807) is 48.2 Å². The molecule has 2 aromatic carbocycles. The summed E-state index contributed by atoms with van der Waals surface area (Å²) in [5, 5.41) is 2.56. The van der Waals surface area contributed by atoms with Gasteiger partial charge in [-0.2, -0.15) is 0 Å². The van der Waals surface area contributed by atoms with Gasteiger partial charge in [-0.15, -0.1) is 0 Å². The Hall–Kier alpha value is -3.40. The van der Waals surface area contributed by atoms with Crippen LogP contribution in [-0.2, 0) is 19.4 Å². The zero-order valence-corrected chi connectivity index (χ0v) is 19.4.